The number of aldehydes is 1. The average molecular weight is 236 g/mol. The molecule has 0 atom stereocenters. The highest BCUT2D eigenvalue weighted by Crippen LogP contribution is 2.17. The lowest BCUT2D eigenvalue weighted by atomic mass is 10.1. The number of benzene rings is 1. The summed E-state index contributed by atoms with van der Waals surface area (Å²) in [6.07, 6.45) is 0.308. The molecule has 0 aliphatic heterocycles. The van der Waals surface area contributed by atoms with E-state index in [2.05, 4.69) is 0 Å². The molecule has 0 radical (unpaired) electrons. The Morgan fingerprint density at radius 1 is 1.25 bits per heavy atom. The minimum atomic E-state index is -1.14. The lowest BCUT2D eigenvalue weighted by molar-refractivity contribution is -0.102. The van der Waals surface area contributed by atoms with Crippen molar-refractivity contribution in [2.75, 3.05) is 0 Å². The van der Waals surface area contributed by atoms with Crippen LogP contribution >= 0.6 is 11.8 Å². The van der Waals surface area contributed by atoms with Crippen LogP contribution in [0.15, 0.2) is 24.3 Å². The van der Waals surface area contributed by atoms with E-state index in [0.29, 0.717) is 18.0 Å². The van der Waals surface area contributed by atoms with Crippen molar-refractivity contribution in [1.82, 2.24) is 0 Å². The van der Waals surface area contributed by atoms with Crippen molar-refractivity contribution < 1.29 is 14.7 Å². The van der Waals surface area contributed by atoms with Gasteiger partial charge in [0.1, 0.15) is 10.1 Å². The second-order valence-corrected chi connectivity index (χ2v) is 3.82. The highest BCUT2D eigenvalue weighted by atomic mass is 32.2. The fourth-order valence-corrected chi connectivity index (χ4v) is 1.61. The molecule has 16 heavy (non-hydrogen) atoms. The number of hydrogen-bond acceptors (Lipinski definition) is 5. The molecule has 0 heterocycles. The minimum absolute atomic E-state index is 0.0151. The third kappa shape index (κ3) is 2.77. The van der Waals surface area contributed by atoms with Crippen LogP contribution in [0.2, 0.25) is 0 Å². The highest BCUT2D eigenvalue weighted by molar-refractivity contribution is 8.28. The van der Waals surface area contributed by atoms with Gasteiger partial charge in [0.2, 0.25) is 0 Å². The molecule has 0 saturated heterocycles. The first-order chi connectivity index (χ1) is 7.56. The summed E-state index contributed by atoms with van der Waals surface area (Å²) >= 11 is 0.619. The maximum atomic E-state index is 10.9. The predicted octanol–water partition coefficient (Wildman–Crippen LogP) is 1.62. The van der Waals surface area contributed by atoms with Crippen molar-refractivity contribution in [2.24, 2.45) is 0 Å². The second-order valence-electron chi connectivity index (χ2n) is 2.76. The maximum absolute atomic E-state index is 10.9. The van der Waals surface area contributed by atoms with Gasteiger partial charge in [0, 0.05) is 5.56 Å². The topological polar surface area (TPSA) is 102 Å². The smallest absolute Gasteiger partial charge is 0.336 e. The van der Waals surface area contributed by atoms with Gasteiger partial charge in [0.05, 0.1) is 5.56 Å². The second kappa shape index (κ2) is 5.22. The first kappa shape index (κ1) is 12.1. The fraction of sp³-hybridized carbons (Fsp3) is 0. The molecule has 1 aromatic rings. The quantitative estimate of drug-likeness (QED) is 0.421. The first-order valence-electron chi connectivity index (χ1n) is 4.19. The Labute approximate surface area is 95.5 Å². The Kier molecular flexibility index (Phi) is 3.96. The SMILES string of the molecule is N=C(C=O)SC(=N)c1ccccc1C(=O)O. The standard InChI is InChI=1S/C10H8N2O3S/c11-8(5-13)16-9(12)6-3-1-2-4-7(6)10(14)15/h1-5,11-12H,(H,14,15). The van der Waals surface area contributed by atoms with Gasteiger partial charge in [-0.2, -0.15) is 0 Å². The summed E-state index contributed by atoms with van der Waals surface area (Å²) in [4.78, 5) is 21.1. The molecule has 0 unspecified atom stereocenters. The van der Waals surface area contributed by atoms with E-state index in [1.165, 1.54) is 12.1 Å². The van der Waals surface area contributed by atoms with Gasteiger partial charge in [-0.1, -0.05) is 18.2 Å². The zero-order valence-corrected chi connectivity index (χ0v) is 8.88. The Bertz CT molecular complexity index is 471. The van der Waals surface area contributed by atoms with Gasteiger partial charge in [0.25, 0.3) is 0 Å². The summed E-state index contributed by atoms with van der Waals surface area (Å²) in [5.74, 6) is -1.14. The van der Waals surface area contributed by atoms with E-state index in [9.17, 15) is 9.59 Å². The number of carbonyl (C=O) groups is 2. The normalized spacial score (nSPS) is 9.50. The van der Waals surface area contributed by atoms with E-state index in [-0.39, 0.29) is 21.2 Å². The van der Waals surface area contributed by atoms with Crippen LogP contribution < -0.4 is 0 Å². The highest BCUT2D eigenvalue weighted by Gasteiger charge is 2.14. The van der Waals surface area contributed by atoms with Crippen molar-refractivity contribution >= 4 is 34.1 Å². The van der Waals surface area contributed by atoms with Gasteiger partial charge in [0.15, 0.2) is 6.29 Å². The average Bonchev–Trinajstić information content (AvgIpc) is 2.28. The minimum Gasteiger partial charge on any atom is -0.478 e. The summed E-state index contributed by atoms with van der Waals surface area (Å²) in [6, 6.07) is 5.99. The van der Waals surface area contributed by atoms with Crippen molar-refractivity contribution in [3.63, 3.8) is 0 Å². The molecule has 0 spiro atoms. The van der Waals surface area contributed by atoms with Crippen molar-refractivity contribution in [2.45, 2.75) is 0 Å². The van der Waals surface area contributed by atoms with Crippen LogP contribution in [0.1, 0.15) is 15.9 Å². The molecular formula is C10H8N2O3S. The Morgan fingerprint density at radius 2 is 1.81 bits per heavy atom. The molecule has 3 N–H and O–H groups in total. The zero-order chi connectivity index (χ0) is 12.1. The Morgan fingerprint density at radius 3 is 2.31 bits per heavy atom. The van der Waals surface area contributed by atoms with Crippen molar-refractivity contribution in [3.05, 3.63) is 35.4 Å². The van der Waals surface area contributed by atoms with E-state index >= 15 is 0 Å². The number of carboxylic acids is 1. The summed E-state index contributed by atoms with van der Waals surface area (Å²) in [6.45, 7) is 0. The summed E-state index contributed by atoms with van der Waals surface area (Å²) in [7, 11) is 0. The lowest BCUT2D eigenvalue weighted by Gasteiger charge is -2.05. The molecule has 82 valence electrons. The van der Waals surface area contributed by atoms with Crippen LogP contribution in [0, 0.1) is 10.8 Å². The van der Waals surface area contributed by atoms with Gasteiger partial charge < -0.3 is 5.11 Å². The molecular weight excluding hydrogens is 228 g/mol. The van der Waals surface area contributed by atoms with E-state index in [1.807, 2.05) is 0 Å². The monoisotopic (exact) mass is 236 g/mol. The molecule has 5 nitrogen and oxygen atoms in total. The fourth-order valence-electron chi connectivity index (χ4n) is 1.06. The third-order valence-corrected chi connectivity index (χ3v) is 2.46. The molecule has 0 fully saturated rings. The molecule has 0 bridgehead atoms. The van der Waals surface area contributed by atoms with Gasteiger partial charge in [-0.25, -0.2) is 4.79 Å². The number of aromatic carboxylic acids is 1. The van der Waals surface area contributed by atoms with Crippen LogP contribution in [0.4, 0.5) is 0 Å². The number of thioether (sulfide) groups is 1. The summed E-state index contributed by atoms with van der Waals surface area (Å²) in [5.41, 5.74) is 0.185. The predicted molar refractivity (Wildman–Crippen MR) is 61.6 cm³/mol. The third-order valence-electron chi connectivity index (χ3n) is 1.72. The molecule has 6 heteroatoms. The first-order valence-corrected chi connectivity index (χ1v) is 5.00. The number of carbonyl (C=O) groups excluding carboxylic acids is 1. The molecule has 0 amide bonds. The van der Waals surface area contributed by atoms with Crippen LogP contribution in [-0.4, -0.2) is 27.4 Å². The van der Waals surface area contributed by atoms with Gasteiger partial charge >= 0.3 is 5.97 Å². The molecule has 0 aliphatic rings. The van der Waals surface area contributed by atoms with Crippen LogP contribution in [0.25, 0.3) is 0 Å². The molecule has 0 aliphatic carbocycles. The lowest BCUT2D eigenvalue weighted by Crippen LogP contribution is -2.08. The summed E-state index contributed by atoms with van der Waals surface area (Å²) in [5, 5.41) is 23.1. The number of hydrogen-bond donors (Lipinski definition) is 3. The van der Waals surface area contributed by atoms with Gasteiger partial charge in [-0.15, -0.1) is 0 Å². The zero-order valence-electron chi connectivity index (χ0n) is 8.06. The van der Waals surface area contributed by atoms with E-state index in [0.717, 1.165) is 0 Å². The largest absolute Gasteiger partial charge is 0.478 e. The van der Waals surface area contributed by atoms with Crippen molar-refractivity contribution in [3.8, 4) is 0 Å². The summed E-state index contributed by atoms with van der Waals surface area (Å²) < 4.78 is 0. The molecule has 0 aromatic heterocycles. The van der Waals surface area contributed by atoms with E-state index in [4.69, 9.17) is 15.9 Å². The van der Waals surface area contributed by atoms with Crippen LogP contribution in [0.3, 0.4) is 0 Å². The molecule has 1 rings (SSSR count). The van der Waals surface area contributed by atoms with Gasteiger partial charge in [-0.3, -0.25) is 15.6 Å². The Hall–Kier alpha value is -1.95. The van der Waals surface area contributed by atoms with Crippen molar-refractivity contribution in [1.29, 1.82) is 10.8 Å². The number of carboxylic acid groups (broad SMARTS) is 1. The van der Waals surface area contributed by atoms with E-state index < -0.39 is 5.97 Å². The van der Waals surface area contributed by atoms with Crippen LogP contribution in [-0.2, 0) is 4.79 Å². The maximum Gasteiger partial charge on any atom is 0.336 e. The molecule has 0 saturated carbocycles. The van der Waals surface area contributed by atoms with E-state index in [1.54, 1.807) is 12.1 Å². The molecule has 1 aromatic carbocycles. The number of nitrogens with one attached hydrogen (secondary N) is 2. The van der Waals surface area contributed by atoms with Gasteiger partial charge in [-0.05, 0) is 17.8 Å². The van der Waals surface area contributed by atoms with Crippen LogP contribution in [0.5, 0.6) is 0 Å². The number of rotatable bonds is 3. The Balaban J connectivity index is 3.03.